The summed E-state index contributed by atoms with van der Waals surface area (Å²) in [6.45, 7) is 0. The van der Waals surface area contributed by atoms with Crippen molar-refractivity contribution in [2.45, 2.75) is 55.5 Å². The molecule has 2 fully saturated rings. The fourth-order valence-electron chi connectivity index (χ4n) is 4.49. The molecule has 2 aromatic carbocycles. The summed E-state index contributed by atoms with van der Waals surface area (Å²) in [6, 6.07) is 13.5. The van der Waals surface area contributed by atoms with Crippen molar-refractivity contribution >= 4 is 27.5 Å². The molecule has 0 bridgehead atoms. The van der Waals surface area contributed by atoms with Crippen LogP contribution in [0.25, 0.3) is 0 Å². The molecule has 0 aromatic heterocycles. The van der Waals surface area contributed by atoms with Crippen molar-refractivity contribution in [3.8, 4) is 5.75 Å². The van der Waals surface area contributed by atoms with Gasteiger partial charge in [0.05, 0.1) is 24.1 Å². The highest BCUT2D eigenvalue weighted by Gasteiger charge is 2.49. The second kappa shape index (κ2) is 8.80. The van der Waals surface area contributed by atoms with Crippen LogP contribution in [0.4, 0.5) is 5.69 Å². The minimum Gasteiger partial charge on any atom is -0.497 e. The van der Waals surface area contributed by atoms with Crippen LogP contribution in [-0.4, -0.2) is 43.7 Å². The third-order valence-corrected chi connectivity index (χ3v) is 7.99. The van der Waals surface area contributed by atoms with Gasteiger partial charge in [-0.3, -0.25) is 9.59 Å². The average Bonchev–Trinajstić information content (AvgIpc) is 3.08. The van der Waals surface area contributed by atoms with Gasteiger partial charge < -0.3 is 4.74 Å². The van der Waals surface area contributed by atoms with E-state index in [1.165, 1.54) is 23.5 Å². The van der Waals surface area contributed by atoms with Crippen LogP contribution in [0.1, 0.15) is 38.5 Å². The fraction of sp³-hybridized carbons (Fsp3) is 0.391. The van der Waals surface area contributed by atoms with Gasteiger partial charge in [-0.25, -0.2) is 13.3 Å². The van der Waals surface area contributed by atoms with E-state index in [0.717, 1.165) is 24.2 Å². The zero-order valence-electron chi connectivity index (χ0n) is 17.4. The Morgan fingerprint density at radius 3 is 2.19 bits per heavy atom. The van der Waals surface area contributed by atoms with Crippen LogP contribution in [-0.2, 0) is 19.6 Å². The molecule has 2 aliphatic rings. The molecule has 4 rings (SSSR count). The molecule has 1 heterocycles. The number of nitrogens with zero attached hydrogens (tertiary/aromatic N) is 2. The van der Waals surface area contributed by atoms with Crippen LogP contribution in [0, 0.1) is 0 Å². The molecule has 0 radical (unpaired) electrons. The first kappa shape index (κ1) is 21.5. The number of methoxy groups -OCH3 is 1. The normalized spacial score (nSPS) is 20.5. The number of ether oxygens (including phenoxy) is 1. The Labute approximate surface area is 182 Å². The van der Waals surface area contributed by atoms with Gasteiger partial charge in [-0.15, -0.1) is 0 Å². The molecule has 2 amide bonds. The topological polar surface area (TPSA) is 84.0 Å². The van der Waals surface area contributed by atoms with E-state index in [4.69, 9.17) is 4.74 Å². The molecule has 31 heavy (non-hydrogen) atoms. The lowest BCUT2D eigenvalue weighted by atomic mass is 9.94. The molecule has 1 atom stereocenters. The molecular formula is C23H26N2O5S. The number of anilines is 1. The van der Waals surface area contributed by atoms with E-state index >= 15 is 0 Å². The second-order valence-electron chi connectivity index (χ2n) is 7.93. The van der Waals surface area contributed by atoms with E-state index in [1.54, 1.807) is 42.5 Å². The van der Waals surface area contributed by atoms with Crippen molar-refractivity contribution in [2.24, 2.45) is 0 Å². The second-order valence-corrected chi connectivity index (χ2v) is 9.77. The lowest BCUT2D eigenvalue weighted by Crippen LogP contribution is -2.51. The van der Waals surface area contributed by atoms with Crippen LogP contribution in [0.15, 0.2) is 59.5 Å². The molecule has 0 N–H and O–H groups in total. The maximum Gasteiger partial charge on any atom is 0.252 e. The van der Waals surface area contributed by atoms with Gasteiger partial charge in [0, 0.05) is 6.04 Å². The standard InChI is InChI=1S/C23H26N2O5S/c1-30-19-12-14-20(15-13-19)31(28,29)25(18-10-6-3-7-11-18)21-16-22(26)24(23(21)27)17-8-4-2-5-9-17/h2,4-5,8-9,12-15,18,21H,3,6-7,10-11,16H2,1H3. The number of rotatable bonds is 6. The number of amides is 2. The highest BCUT2D eigenvalue weighted by molar-refractivity contribution is 7.89. The van der Waals surface area contributed by atoms with Gasteiger partial charge in [-0.2, -0.15) is 4.31 Å². The Balaban J connectivity index is 1.73. The summed E-state index contributed by atoms with van der Waals surface area (Å²) in [5, 5.41) is 0. The number of hydrogen-bond acceptors (Lipinski definition) is 5. The summed E-state index contributed by atoms with van der Waals surface area (Å²) in [5.74, 6) is -0.323. The lowest BCUT2D eigenvalue weighted by Gasteiger charge is -2.36. The van der Waals surface area contributed by atoms with Crippen LogP contribution in [0.2, 0.25) is 0 Å². The van der Waals surface area contributed by atoms with E-state index in [-0.39, 0.29) is 23.3 Å². The Kier molecular flexibility index (Phi) is 6.11. The summed E-state index contributed by atoms with van der Waals surface area (Å²) in [4.78, 5) is 27.4. The Bertz CT molecular complexity index is 1050. The summed E-state index contributed by atoms with van der Waals surface area (Å²) in [5.41, 5.74) is 0.463. The van der Waals surface area contributed by atoms with E-state index in [0.29, 0.717) is 24.3 Å². The molecule has 1 aliphatic carbocycles. The smallest absolute Gasteiger partial charge is 0.252 e. The third-order valence-electron chi connectivity index (χ3n) is 6.01. The van der Waals surface area contributed by atoms with Crippen LogP contribution in [0.3, 0.4) is 0 Å². The fourth-order valence-corrected chi connectivity index (χ4v) is 6.31. The zero-order valence-corrected chi connectivity index (χ0v) is 18.3. The minimum atomic E-state index is -3.99. The highest BCUT2D eigenvalue weighted by atomic mass is 32.2. The lowest BCUT2D eigenvalue weighted by molar-refractivity contribution is -0.122. The maximum atomic E-state index is 13.7. The van der Waals surface area contributed by atoms with E-state index in [2.05, 4.69) is 0 Å². The Morgan fingerprint density at radius 1 is 0.935 bits per heavy atom. The van der Waals surface area contributed by atoms with Crippen LogP contribution < -0.4 is 9.64 Å². The third kappa shape index (κ3) is 4.09. The number of para-hydroxylation sites is 1. The molecule has 1 aliphatic heterocycles. The molecule has 1 saturated carbocycles. The number of sulfonamides is 1. The summed E-state index contributed by atoms with van der Waals surface area (Å²) in [6.07, 6.45) is 4.05. The summed E-state index contributed by atoms with van der Waals surface area (Å²) < 4.78 is 33.9. The summed E-state index contributed by atoms with van der Waals surface area (Å²) in [7, 11) is -2.48. The molecule has 1 unspecified atom stereocenters. The Morgan fingerprint density at radius 2 is 1.58 bits per heavy atom. The van der Waals surface area contributed by atoms with Gasteiger partial charge in [0.25, 0.3) is 5.91 Å². The first-order valence-electron chi connectivity index (χ1n) is 10.5. The van der Waals surface area contributed by atoms with Crippen molar-refractivity contribution in [3.63, 3.8) is 0 Å². The Hall–Kier alpha value is -2.71. The van der Waals surface area contributed by atoms with E-state index < -0.39 is 22.0 Å². The number of benzene rings is 2. The summed E-state index contributed by atoms with van der Waals surface area (Å²) >= 11 is 0. The van der Waals surface area contributed by atoms with Gasteiger partial charge >= 0.3 is 0 Å². The van der Waals surface area contributed by atoms with Gasteiger partial charge in [-0.1, -0.05) is 37.5 Å². The van der Waals surface area contributed by atoms with Crippen LogP contribution >= 0.6 is 0 Å². The number of hydrogen-bond donors (Lipinski definition) is 0. The monoisotopic (exact) mass is 442 g/mol. The predicted octanol–water partition coefficient (Wildman–Crippen LogP) is 3.35. The van der Waals surface area contributed by atoms with E-state index in [9.17, 15) is 18.0 Å². The van der Waals surface area contributed by atoms with Crippen molar-refractivity contribution in [2.75, 3.05) is 12.0 Å². The van der Waals surface area contributed by atoms with Gasteiger partial charge in [-0.05, 0) is 49.2 Å². The minimum absolute atomic E-state index is 0.0947. The quantitative estimate of drug-likeness (QED) is 0.641. The number of imide groups is 1. The van der Waals surface area contributed by atoms with Gasteiger partial charge in [0.15, 0.2) is 0 Å². The maximum absolute atomic E-state index is 13.7. The van der Waals surface area contributed by atoms with Crippen molar-refractivity contribution < 1.29 is 22.7 Å². The molecule has 0 spiro atoms. The van der Waals surface area contributed by atoms with Gasteiger partial charge in [0.1, 0.15) is 11.8 Å². The largest absolute Gasteiger partial charge is 0.497 e. The molecule has 8 heteroatoms. The van der Waals surface area contributed by atoms with Crippen molar-refractivity contribution in [1.29, 1.82) is 0 Å². The van der Waals surface area contributed by atoms with Crippen molar-refractivity contribution in [3.05, 3.63) is 54.6 Å². The molecule has 7 nitrogen and oxygen atoms in total. The van der Waals surface area contributed by atoms with Gasteiger partial charge in [0.2, 0.25) is 15.9 Å². The van der Waals surface area contributed by atoms with E-state index in [1.807, 2.05) is 0 Å². The highest BCUT2D eigenvalue weighted by Crippen LogP contribution is 2.35. The molecular weight excluding hydrogens is 416 g/mol. The first-order chi connectivity index (χ1) is 14.9. The molecule has 2 aromatic rings. The predicted molar refractivity (Wildman–Crippen MR) is 116 cm³/mol. The molecule has 1 saturated heterocycles. The average molecular weight is 443 g/mol. The first-order valence-corrected chi connectivity index (χ1v) is 12.0. The number of carbonyl (C=O) groups is 2. The van der Waals surface area contributed by atoms with Crippen molar-refractivity contribution in [1.82, 2.24) is 4.31 Å². The zero-order chi connectivity index (χ0) is 22.0. The SMILES string of the molecule is COc1ccc(S(=O)(=O)N(C2CCCCC2)C2CC(=O)N(c3ccccc3)C2=O)cc1. The number of carbonyl (C=O) groups excluding carboxylic acids is 2. The molecule has 164 valence electrons. The van der Waals surface area contributed by atoms with Crippen LogP contribution in [0.5, 0.6) is 5.75 Å².